The number of ether oxygens (including phenoxy) is 4. The topological polar surface area (TPSA) is 176 Å². The quantitative estimate of drug-likeness (QED) is 0.147. The maximum atomic E-state index is 14.9. The SMILES string of the molecule is CC1(C)CC(OC(=O)C2CC(C(=O)OC3CC(C)(C)N(O)C(C)(C)C3)C(C(=O)OC3CC(C)(C)NC(C)(C)C3)C(C(=O)OC3CC(C)(C)N(O)C(C)(C)C3)C2)CC(C)(C)N1. The number of nitrogens with zero attached hydrogens (tertiary/aromatic N) is 2. The summed E-state index contributed by atoms with van der Waals surface area (Å²) in [5, 5.41) is 31.9. The highest BCUT2D eigenvalue weighted by molar-refractivity contribution is 5.89. The van der Waals surface area contributed by atoms with Gasteiger partial charge in [-0.25, -0.2) is 0 Å². The van der Waals surface area contributed by atoms with Gasteiger partial charge in [-0.1, -0.05) is 0 Å². The Hall–Kier alpha value is -2.36. The number of hydrogen-bond acceptors (Lipinski definition) is 14. The third-order valence-corrected chi connectivity index (χ3v) is 13.8. The van der Waals surface area contributed by atoms with E-state index in [1.807, 2.05) is 55.4 Å². The Balaban J connectivity index is 1.52. The van der Waals surface area contributed by atoms with Crippen molar-refractivity contribution in [2.45, 2.75) is 244 Å². The van der Waals surface area contributed by atoms with Crippen LogP contribution in [0, 0.1) is 23.7 Å². The van der Waals surface area contributed by atoms with Crippen LogP contribution < -0.4 is 10.6 Å². The molecule has 60 heavy (non-hydrogen) atoms. The molecule has 344 valence electrons. The Morgan fingerprint density at radius 3 is 0.967 bits per heavy atom. The molecule has 0 bridgehead atoms. The minimum atomic E-state index is -1.30. The molecule has 0 aromatic carbocycles. The standard InChI is InChI=1S/C46H80N4O10/c1-39(2)19-28(20-40(3,4)47-39)57-35(51)27-17-32(36(52)58-30-23-43(9,10)49(55)44(11,12)24-30)34(38(54)60-29-21-41(5,6)48-42(7,8)22-29)33(18-27)37(53)59-31-25-45(13,14)50(56)46(15,16)26-31/h27-34,47-48,55-56H,17-26H2,1-16H3. The summed E-state index contributed by atoms with van der Waals surface area (Å²) in [5.74, 6) is -7.27. The van der Waals surface area contributed by atoms with E-state index in [0.717, 1.165) is 0 Å². The molecule has 1 saturated carbocycles. The van der Waals surface area contributed by atoms with Crippen molar-refractivity contribution in [2.75, 3.05) is 0 Å². The van der Waals surface area contributed by atoms with Crippen LogP contribution in [0.25, 0.3) is 0 Å². The molecule has 5 aliphatic rings. The number of nitrogens with one attached hydrogen (secondary N) is 2. The van der Waals surface area contributed by atoms with Crippen LogP contribution in [0.4, 0.5) is 0 Å². The molecular formula is C46H80N4O10. The van der Waals surface area contributed by atoms with Crippen LogP contribution in [0.15, 0.2) is 0 Å². The van der Waals surface area contributed by atoms with E-state index < -0.39 is 94.1 Å². The highest BCUT2D eigenvalue weighted by Gasteiger charge is 2.56. The fourth-order valence-corrected chi connectivity index (χ4v) is 12.4. The van der Waals surface area contributed by atoms with Crippen molar-refractivity contribution in [3.8, 4) is 0 Å². The summed E-state index contributed by atoms with van der Waals surface area (Å²) in [6.45, 7) is 31.5. The van der Waals surface area contributed by atoms with E-state index in [9.17, 15) is 29.6 Å². The Morgan fingerprint density at radius 1 is 0.417 bits per heavy atom. The second-order valence-corrected chi connectivity index (χ2v) is 24.4. The lowest BCUT2D eigenvalue weighted by Gasteiger charge is -2.51. The molecule has 14 nitrogen and oxygen atoms in total. The molecule has 0 radical (unpaired) electrons. The van der Waals surface area contributed by atoms with Gasteiger partial charge in [-0.3, -0.25) is 19.2 Å². The molecule has 4 saturated heterocycles. The zero-order valence-electron chi connectivity index (χ0n) is 39.7. The van der Waals surface area contributed by atoms with Gasteiger partial charge in [-0.05, 0) is 124 Å². The molecule has 0 spiro atoms. The van der Waals surface area contributed by atoms with Gasteiger partial charge in [0, 0.05) is 95.7 Å². The fourth-order valence-electron chi connectivity index (χ4n) is 12.4. The number of piperidine rings is 4. The lowest BCUT2D eigenvalue weighted by atomic mass is 9.67. The van der Waals surface area contributed by atoms with Gasteiger partial charge in [0.25, 0.3) is 0 Å². The van der Waals surface area contributed by atoms with Gasteiger partial charge in [-0.2, -0.15) is 10.1 Å². The minimum Gasteiger partial charge on any atom is -0.462 e. The van der Waals surface area contributed by atoms with Crippen LogP contribution in [-0.2, 0) is 38.1 Å². The highest BCUT2D eigenvalue weighted by Crippen LogP contribution is 2.46. The average molecular weight is 849 g/mol. The van der Waals surface area contributed by atoms with Crippen molar-refractivity contribution < 1.29 is 48.5 Å². The molecule has 4 N–H and O–H groups in total. The molecule has 4 aliphatic heterocycles. The normalized spacial score (nSPS) is 33.0. The lowest BCUT2D eigenvalue weighted by Crippen LogP contribution is -2.61. The summed E-state index contributed by atoms with van der Waals surface area (Å²) in [4.78, 5) is 58.9. The molecule has 5 fully saturated rings. The Labute approximate surface area is 359 Å². The van der Waals surface area contributed by atoms with E-state index in [-0.39, 0.29) is 35.0 Å². The number of carbonyl (C=O) groups is 4. The first kappa shape index (κ1) is 48.7. The first-order valence-electron chi connectivity index (χ1n) is 22.4. The predicted octanol–water partition coefficient (Wildman–Crippen LogP) is 6.86. The molecule has 1 aliphatic carbocycles. The Morgan fingerprint density at radius 2 is 0.667 bits per heavy atom. The summed E-state index contributed by atoms with van der Waals surface area (Å²) in [6, 6.07) is 0. The number of carbonyl (C=O) groups excluding carboxylic acids is 4. The number of hydrogen-bond donors (Lipinski definition) is 4. The van der Waals surface area contributed by atoms with Crippen molar-refractivity contribution in [3.05, 3.63) is 0 Å². The summed E-state index contributed by atoms with van der Waals surface area (Å²) in [7, 11) is 0. The molecule has 5 rings (SSSR count). The highest BCUT2D eigenvalue weighted by atomic mass is 16.6. The van der Waals surface area contributed by atoms with E-state index in [2.05, 4.69) is 66.0 Å². The first-order chi connectivity index (χ1) is 27.0. The van der Waals surface area contributed by atoms with Gasteiger partial charge in [0.1, 0.15) is 24.4 Å². The lowest BCUT2D eigenvalue weighted by molar-refractivity contribution is -0.261. The molecule has 2 unspecified atom stereocenters. The summed E-state index contributed by atoms with van der Waals surface area (Å²) < 4.78 is 25.3. The monoisotopic (exact) mass is 849 g/mol. The Kier molecular flexibility index (Phi) is 13.2. The molecule has 0 aromatic heterocycles. The maximum Gasteiger partial charge on any atom is 0.310 e. The minimum absolute atomic E-state index is 0.0726. The number of rotatable bonds is 8. The van der Waals surface area contributed by atoms with Crippen molar-refractivity contribution in [3.63, 3.8) is 0 Å². The summed E-state index contributed by atoms with van der Waals surface area (Å²) in [5.41, 5.74) is -4.24. The van der Waals surface area contributed by atoms with Gasteiger partial charge in [0.2, 0.25) is 0 Å². The summed E-state index contributed by atoms with van der Waals surface area (Å²) in [6.07, 6.45) is 1.22. The van der Waals surface area contributed by atoms with Crippen molar-refractivity contribution in [2.24, 2.45) is 23.7 Å². The zero-order valence-corrected chi connectivity index (χ0v) is 39.7. The smallest absolute Gasteiger partial charge is 0.310 e. The number of esters is 4. The fraction of sp³-hybridized carbons (Fsp3) is 0.913. The Bertz CT molecular complexity index is 1500. The van der Waals surface area contributed by atoms with E-state index in [0.29, 0.717) is 51.4 Å². The molecule has 2 atom stereocenters. The van der Waals surface area contributed by atoms with Crippen LogP contribution in [-0.4, -0.2) is 113 Å². The van der Waals surface area contributed by atoms with E-state index in [4.69, 9.17) is 18.9 Å². The van der Waals surface area contributed by atoms with Gasteiger partial charge < -0.3 is 40.0 Å². The van der Waals surface area contributed by atoms with Crippen LogP contribution in [0.2, 0.25) is 0 Å². The molecule has 0 aromatic rings. The molecule has 4 heterocycles. The third kappa shape index (κ3) is 11.2. The largest absolute Gasteiger partial charge is 0.462 e. The van der Waals surface area contributed by atoms with E-state index >= 15 is 0 Å². The first-order valence-corrected chi connectivity index (χ1v) is 22.4. The van der Waals surface area contributed by atoms with Gasteiger partial charge >= 0.3 is 23.9 Å². The van der Waals surface area contributed by atoms with Gasteiger partial charge in [0.05, 0.1) is 23.7 Å². The zero-order chi connectivity index (χ0) is 45.4. The molecular weight excluding hydrogens is 769 g/mol. The van der Waals surface area contributed by atoms with Crippen LogP contribution in [0.5, 0.6) is 0 Å². The predicted molar refractivity (Wildman–Crippen MR) is 226 cm³/mol. The van der Waals surface area contributed by atoms with E-state index in [1.54, 1.807) is 0 Å². The number of hydroxylamine groups is 4. The maximum absolute atomic E-state index is 14.9. The summed E-state index contributed by atoms with van der Waals surface area (Å²) >= 11 is 0. The average Bonchev–Trinajstić information content (AvgIpc) is 3.01. The van der Waals surface area contributed by atoms with Gasteiger partial charge in [0.15, 0.2) is 0 Å². The van der Waals surface area contributed by atoms with Crippen LogP contribution in [0.1, 0.15) is 175 Å². The van der Waals surface area contributed by atoms with E-state index in [1.165, 1.54) is 10.1 Å². The van der Waals surface area contributed by atoms with Crippen molar-refractivity contribution in [1.82, 2.24) is 20.8 Å². The van der Waals surface area contributed by atoms with Gasteiger partial charge in [-0.15, -0.1) is 0 Å². The van der Waals surface area contributed by atoms with Crippen molar-refractivity contribution >= 4 is 23.9 Å². The molecule has 14 heteroatoms. The second kappa shape index (κ2) is 16.3. The second-order valence-electron chi connectivity index (χ2n) is 24.4. The van der Waals surface area contributed by atoms with Crippen molar-refractivity contribution in [1.29, 1.82) is 0 Å². The third-order valence-electron chi connectivity index (χ3n) is 13.8. The van der Waals surface area contributed by atoms with Crippen LogP contribution in [0.3, 0.4) is 0 Å². The molecule has 0 amide bonds. The van der Waals surface area contributed by atoms with Crippen LogP contribution >= 0.6 is 0 Å².